The average Bonchev–Trinajstić information content (AvgIpc) is 2.78. The van der Waals surface area contributed by atoms with Gasteiger partial charge in [-0.2, -0.15) is 0 Å². The van der Waals surface area contributed by atoms with Crippen LogP contribution in [0.15, 0.2) is 78.9 Å². The van der Waals surface area contributed by atoms with Crippen LogP contribution in [0.1, 0.15) is 30.5 Å². The molecule has 0 fully saturated rings. The number of carbonyl (C=O) groups excluding carboxylic acids is 1. The summed E-state index contributed by atoms with van der Waals surface area (Å²) in [6.07, 6.45) is 0.248. The monoisotopic (exact) mass is 419 g/mol. The van der Waals surface area contributed by atoms with Crippen LogP contribution in [0.4, 0.5) is 4.79 Å². The Morgan fingerprint density at radius 1 is 0.806 bits per heavy atom. The van der Waals surface area contributed by atoms with Crippen molar-refractivity contribution in [3.63, 3.8) is 0 Å². The van der Waals surface area contributed by atoms with Gasteiger partial charge in [-0.05, 0) is 49.1 Å². The lowest BCUT2D eigenvalue weighted by Crippen LogP contribution is -2.34. The number of nitrogens with one attached hydrogen (secondary N) is 1. The summed E-state index contributed by atoms with van der Waals surface area (Å²) in [6.45, 7) is 4.99. The first-order valence-corrected chi connectivity index (χ1v) is 10.5. The summed E-state index contributed by atoms with van der Waals surface area (Å²) in [5, 5.41) is 2.83. The van der Waals surface area contributed by atoms with Crippen molar-refractivity contribution in [1.82, 2.24) is 5.32 Å². The molecule has 0 bridgehead atoms. The first-order valence-electron chi connectivity index (χ1n) is 10.5. The molecule has 0 heterocycles. The first kappa shape index (κ1) is 22.2. The van der Waals surface area contributed by atoms with Gasteiger partial charge in [-0.25, -0.2) is 4.79 Å². The second-order valence-electron chi connectivity index (χ2n) is 7.30. The Bertz CT molecular complexity index is 944. The van der Waals surface area contributed by atoms with E-state index in [0.717, 1.165) is 16.7 Å². The second kappa shape index (κ2) is 11.6. The zero-order valence-corrected chi connectivity index (χ0v) is 18.0. The average molecular weight is 420 g/mol. The van der Waals surface area contributed by atoms with Crippen molar-refractivity contribution in [1.29, 1.82) is 0 Å². The van der Waals surface area contributed by atoms with Crippen molar-refractivity contribution < 1.29 is 19.0 Å². The summed E-state index contributed by atoms with van der Waals surface area (Å²) in [5.74, 6) is 1.37. The zero-order valence-electron chi connectivity index (χ0n) is 18.0. The number of carbonyl (C=O) groups is 1. The quantitative estimate of drug-likeness (QED) is 0.470. The number of alkyl carbamates (subject to hydrolysis) is 1. The van der Waals surface area contributed by atoms with Crippen LogP contribution in [0.3, 0.4) is 0 Å². The van der Waals surface area contributed by atoms with E-state index in [0.29, 0.717) is 37.7 Å². The molecule has 1 amide bonds. The summed E-state index contributed by atoms with van der Waals surface area (Å²) >= 11 is 0. The van der Waals surface area contributed by atoms with Crippen molar-refractivity contribution in [3.05, 3.63) is 95.6 Å². The van der Waals surface area contributed by atoms with Crippen LogP contribution in [-0.2, 0) is 24.4 Å². The van der Waals surface area contributed by atoms with Gasteiger partial charge in [-0.15, -0.1) is 0 Å². The number of rotatable bonds is 10. The molecule has 3 rings (SSSR count). The van der Waals surface area contributed by atoms with Gasteiger partial charge in [0.05, 0.1) is 6.61 Å². The van der Waals surface area contributed by atoms with E-state index >= 15 is 0 Å². The van der Waals surface area contributed by atoms with Crippen LogP contribution in [0.2, 0.25) is 0 Å². The van der Waals surface area contributed by atoms with E-state index in [4.69, 9.17) is 14.2 Å². The van der Waals surface area contributed by atoms with Crippen LogP contribution < -0.4 is 14.8 Å². The van der Waals surface area contributed by atoms with Crippen LogP contribution >= 0.6 is 0 Å². The molecular weight excluding hydrogens is 390 g/mol. The third kappa shape index (κ3) is 7.37. The van der Waals surface area contributed by atoms with Gasteiger partial charge in [0.2, 0.25) is 0 Å². The number of hydrogen-bond acceptors (Lipinski definition) is 4. The van der Waals surface area contributed by atoms with Crippen molar-refractivity contribution in [2.24, 2.45) is 0 Å². The maximum absolute atomic E-state index is 11.7. The lowest BCUT2D eigenvalue weighted by Gasteiger charge is -2.17. The number of benzene rings is 3. The zero-order chi connectivity index (χ0) is 21.9. The van der Waals surface area contributed by atoms with E-state index in [2.05, 4.69) is 5.32 Å². The summed E-state index contributed by atoms with van der Waals surface area (Å²) < 4.78 is 17.1. The molecule has 5 nitrogen and oxygen atoms in total. The lowest BCUT2D eigenvalue weighted by molar-refractivity contribution is 0.149. The largest absolute Gasteiger partial charge is 0.485 e. The van der Waals surface area contributed by atoms with E-state index in [1.54, 1.807) is 6.92 Å². The molecule has 0 aliphatic carbocycles. The maximum atomic E-state index is 11.7. The lowest BCUT2D eigenvalue weighted by atomic mass is 10.1. The number of hydrogen-bond donors (Lipinski definition) is 1. The van der Waals surface area contributed by atoms with Gasteiger partial charge in [0, 0.05) is 6.04 Å². The molecule has 1 N–H and O–H groups in total. The molecule has 0 aromatic heterocycles. The van der Waals surface area contributed by atoms with Crippen LogP contribution in [0.25, 0.3) is 0 Å². The first-order chi connectivity index (χ1) is 15.1. The molecule has 1 unspecified atom stereocenters. The summed E-state index contributed by atoms with van der Waals surface area (Å²) in [5.41, 5.74) is 3.21. The fourth-order valence-electron chi connectivity index (χ4n) is 3.16. The molecule has 0 aliphatic heterocycles. The Hall–Kier alpha value is -3.47. The van der Waals surface area contributed by atoms with Crippen LogP contribution in [0, 0.1) is 0 Å². The molecule has 3 aromatic rings. The highest BCUT2D eigenvalue weighted by molar-refractivity contribution is 5.67. The predicted octanol–water partition coefficient (Wildman–Crippen LogP) is 5.52. The molecule has 0 saturated heterocycles. The van der Waals surface area contributed by atoms with E-state index in [-0.39, 0.29) is 6.04 Å². The second-order valence-corrected chi connectivity index (χ2v) is 7.30. The molecule has 0 radical (unpaired) electrons. The van der Waals surface area contributed by atoms with E-state index < -0.39 is 6.09 Å². The molecule has 162 valence electrons. The predicted molar refractivity (Wildman–Crippen MR) is 121 cm³/mol. The van der Waals surface area contributed by atoms with E-state index in [1.807, 2.05) is 85.8 Å². The highest BCUT2D eigenvalue weighted by atomic mass is 16.5. The summed E-state index contributed by atoms with van der Waals surface area (Å²) in [6, 6.07) is 25.9. The Morgan fingerprint density at radius 2 is 1.39 bits per heavy atom. The SMILES string of the molecule is CCOC(=O)NC(C)Cc1ccc(OCc2ccccc2)c(OCc2ccccc2)c1. The number of amides is 1. The van der Waals surface area contributed by atoms with Gasteiger partial charge in [-0.3, -0.25) is 0 Å². The number of ether oxygens (including phenoxy) is 3. The Morgan fingerprint density at radius 3 is 1.97 bits per heavy atom. The van der Waals surface area contributed by atoms with Crippen molar-refractivity contribution >= 4 is 6.09 Å². The third-order valence-electron chi connectivity index (χ3n) is 4.66. The van der Waals surface area contributed by atoms with Gasteiger partial charge in [0.15, 0.2) is 11.5 Å². The minimum atomic E-state index is -0.404. The van der Waals surface area contributed by atoms with E-state index in [1.165, 1.54) is 0 Å². The van der Waals surface area contributed by atoms with Crippen molar-refractivity contribution in [2.45, 2.75) is 39.5 Å². The molecule has 0 saturated carbocycles. The van der Waals surface area contributed by atoms with Crippen molar-refractivity contribution in [2.75, 3.05) is 6.61 Å². The summed E-state index contributed by atoms with van der Waals surface area (Å²) in [4.78, 5) is 11.7. The van der Waals surface area contributed by atoms with Gasteiger partial charge in [0.1, 0.15) is 13.2 Å². The molecule has 5 heteroatoms. The molecule has 31 heavy (non-hydrogen) atoms. The van der Waals surface area contributed by atoms with Gasteiger partial charge >= 0.3 is 6.09 Å². The highest BCUT2D eigenvalue weighted by Crippen LogP contribution is 2.30. The van der Waals surface area contributed by atoms with Crippen LogP contribution in [-0.4, -0.2) is 18.7 Å². The van der Waals surface area contributed by atoms with Gasteiger partial charge in [0.25, 0.3) is 0 Å². The molecular formula is C26H29NO4. The highest BCUT2D eigenvalue weighted by Gasteiger charge is 2.12. The molecule has 1 atom stereocenters. The van der Waals surface area contributed by atoms with Crippen molar-refractivity contribution in [3.8, 4) is 11.5 Å². The van der Waals surface area contributed by atoms with Gasteiger partial charge < -0.3 is 19.5 Å². The Labute approximate surface area is 184 Å². The Kier molecular flexibility index (Phi) is 8.35. The molecule has 3 aromatic carbocycles. The van der Waals surface area contributed by atoms with E-state index in [9.17, 15) is 4.79 Å². The van der Waals surface area contributed by atoms with Gasteiger partial charge in [-0.1, -0.05) is 66.7 Å². The van der Waals surface area contributed by atoms with Crippen LogP contribution in [0.5, 0.6) is 11.5 Å². The maximum Gasteiger partial charge on any atom is 0.407 e. The minimum absolute atomic E-state index is 0.0721. The standard InChI is InChI=1S/C26H29NO4/c1-3-29-26(28)27-20(2)16-23-14-15-24(30-18-21-10-6-4-7-11-21)25(17-23)31-19-22-12-8-5-9-13-22/h4-15,17,20H,3,16,18-19H2,1-2H3,(H,27,28). The third-order valence-corrected chi connectivity index (χ3v) is 4.66. The summed E-state index contributed by atoms with van der Waals surface area (Å²) in [7, 11) is 0. The molecule has 0 spiro atoms. The fraction of sp³-hybridized carbons (Fsp3) is 0.269. The Balaban J connectivity index is 1.71. The normalized spacial score (nSPS) is 11.4. The smallest absolute Gasteiger partial charge is 0.407 e. The topological polar surface area (TPSA) is 56.8 Å². The minimum Gasteiger partial charge on any atom is -0.485 e. The fourth-order valence-corrected chi connectivity index (χ4v) is 3.16. The molecule has 0 aliphatic rings.